The fraction of sp³-hybridized carbons (Fsp3) is 0.467. The van der Waals surface area contributed by atoms with Gasteiger partial charge in [-0.2, -0.15) is 5.10 Å². The first-order chi connectivity index (χ1) is 10.4. The molecule has 2 rings (SSSR count). The summed E-state index contributed by atoms with van der Waals surface area (Å²) in [5.74, 6) is 0.430. The number of anilines is 1. The number of aromatic nitrogens is 4. The summed E-state index contributed by atoms with van der Waals surface area (Å²) >= 11 is 0. The largest absolute Gasteiger partial charge is 0.480 e. The van der Waals surface area contributed by atoms with E-state index < -0.39 is 12.0 Å². The maximum atomic E-state index is 11.3. The molecule has 118 valence electrons. The van der Waals surface area contributed by atoms with Gasteiger partial charge in [0.05, 0.1) is 5.69 Å². The van der Waals surface area contributed by atoms with Gasteiger partial charge in [-0.3, -0.25) is 0 Å². The van der Waals surface area contributed by atoms with Gasteiger partial charge in [0.15, 0.2) is 5.82 Å². The van der Waals surface area contributed by atoms with Crippen molar-refractivity contribution in [2.24, 2.45) is 5.92 Å². The van der Waals surface area contributed by atoms with Gasteiger partial charge in [0, 0.05) is 5.69 Å². The summed E-state index contributed by atoms with van der Waals surface area (Å²) in [6, 6.07) is 4.77. The lowest BCUT2D eigenvalue weighted by Gasteiger charge is -2.16. The lowest BCUT2D eigenvalue weighted by molar-refractivity contribution is -0.138. The minimum atomic E-state index is -0.891. The molecule has 22 heavy (non-hydrogen) atoms. The van der Waals surface area contributed by atoms with Gasteiger partial charge in [-0.25, -0.2) is 9.48 Å². The number of carboxylic acid groups (broad SMARTS) is 1. The number of carboxylic acids is 1. The van der Waals surface area contributed by atoms with Crippen LogP contribution >= 0.6 is 0 Å². The highest BCUT2D eigenvalue weighted by Gasteiger charge is 2.19. The van der Waals surface area contributed by atoms with Crippen molar-refractivity contribution in [3.05, 3.63) is 29.6 Å². The Hall–Kier alpha value is -2.44. The summed E-state index contributed by atoms with van der Waals surface area (Å²) in [5, 5.41) is 24.6. The summed E-state index contributed by atoms with van der Waals surface area (Å²) in [4.78, 5) is 11.3. The number of aliphatic carboxylic acids is 1. The Morgan fingerprint density at radius 1 is 1.32 bits per heavy atom. The molecule has 1 atom stereocenters. The highest BCUT2D eigenvalue weighted by molar-refractivity contribution is 5.76. The quantitative estimate of drug-likeness (QED) is 0.849. The van der Waals surface area contributed by atoms with Crippen molar-refractivity contribution in [3.8, 4) is 5.82 Å². The summed E-state index contributed by atoms with van der Waals surface area (Å²) in [5.41, 5.74) is 1.88. The second kappa shape index (κ2) is 6.55. The molecule has 2 N–H and O–H groups in total. The molecule has 0 saturated carbocycles. The van der Waals surface area contributed by atoms with Crippen LogP contribution in [0.1, 0.15) is 31.7 Å². The normalized spacial score (nSPS) is 12.4. The van der Waals surface area contributed by atoms with E-state index in [1.54, 1.807) is 16.8 Å². The molecule has 0 aliphatic heterocycles. The van der Waals surface area contributed by atoms with Crippen LogP contribution in [0.25, 0.3) is 5.82 Å². The number of hydrogen-bond donors (Lipinski definition) is 2. The third kappa shape index (κ3) is 3.81. The van der Waals surface area contributed by atoms with Crippen molar-refractivity contribution < 1.29 is 9.90 Å². The first-order valence-corrected chi connectivity index (χ1v) is 7.23. The van der Waals surface area contributed by atoms with E-state index in [0.717, 1.165) is 11.4 Å². The van der Waals surface area contributed by atoms with Gasteiger partial charge in [-0.05, 0) is 44.4 Å². The van der Waals surface area contributed by atoms with Gasteiger partial charge in [0.25, 0.3) is 0 Å². The van der Waals surface area contributed by atoms with Gasteiger partial charge in [0.1, 0.15) is 11.9 Å². The number of carbonyl (C=O) groups is 1. The summed E-state index contributed by atoms with van der Waals surface area (Å²) in [6.45, 7) is 7.82. The van der Waals surface area contributed by atoms with E-state index in [1.807, 2.05) is 33.8 Å². The van der Waals surface area contributed by atoms with E-state index in [1.165, 1.54) is 0 Å². The van der Waals surface area contributed by atoms with Gasteiger partial charge in [0.2, 0.25) is 0 Å². The predicted molar refractivity (Wildman–Crippen MR) is 83.1 cm³/mol. The second-order valence-corrected chi connectivity index (χ2v) is 5.78. The van der Waals surface area contributed by atoms with E-state index in [-0.39, 0.29) is 5.92 Å². The van der Waals surface area contributed by atoms with Crippen LogP contribution in [0, 0.1) is 19.8 Å². The van der Waals surface area contributed by atoms with E-state index >= 15 is 0 Å². The topological polar surface area (TPSA) is 92.9 Å². The third-order valence-electron chi connectivity index (χ3n) is 3.20. The molecule has 0 radical (unpaired) electrons. The zero-order valence-electron chi connectivity index (χ0n) is 13.2. The van der Waals surface area contributed by atoms with Crippen molar-refractivity contribution in [1.82, 2.24) is 20.0 Å². The molecule has 0 aliphatic rings. The van der Waals surface area contributed by atoms with Crippen molar-refractivity contribution in [3.63, 3.8) is 0 Å². The maximum Gasteiger partial charge on any atom is 0.326 e. The molecule has 2 aromatic heterocycles. The van der Waals surface area contributed by atoms with Crippen LogP contribution in [-0.4, -0.2) is 37.1 Å². The average molecular weight is 303 g/mol. The van der Waals surface area contributed by atoms with Gasteiger partial charge in [-0.15, -0.1) is 10.2 Å². The van der Waals surface area contributed by atoms with Crippen molar-refractivity contribution in [2.75, 3.05) is 5.32 Å². The van der Waals surface area contributed by atoms with E-state index in [0.29, 0.717) is 18.1 Å². The lowest BCUT2D eigenvalue weighted by Crippen LogP contribution is -2.31. The van der Waals surface area contributed by atoms with Crippen LogP contribution in [0.4, 0.5) is 5.82 Å². The van der Waals surface area contributed by atoms with Crippen molar-refractivity contribution in [2.45, 2.75) is 40.2 Å². The highest BCUT2D eigenvalue weighted by atomic mass is 16.4. The molecule has 1 unspecified atom stereocenters. The molecule has 0 aromatic carbocycles. The number of nitrogens with zero attached hydrogens (tertiary/aromatic N) is 4. The Balaban J connectivity index is 2.14. The Bertz CT molecular complexity index is 648. The Morgan fingerprint density at radius 2 is 2.05 bits per heavy atom. The second-order valence-electron chi connectivity index (χ2n) is 5.78. The van der Waals surface area contributed by atoms with E-state index in [9.17, 15) is 9.90 Å². The SMILES string of the molecule is Cc1cc(C)n(-c2ccc(NC(CC(C)C)C(=O)O)nn2)n1. The third-order valence-corrected chi connectivity index (χ3v) is 3.20. The molecule has 0 fully saturated rings. The fourth-order valence-electron chi connectivity index (χ4n) is 2.25. The Kier molecular flexibility index (Phi) is 4.75. The zero-order chi connectivity index (χ0) is 16.3. The molecular weight excluding hydrogens is 282 g/mol. The molecule has 0 saturated heterocycles. The zero-order valence-corrected chi connectivity index (χ0v) is 13.2. The van der Waals surface area contributed by atoms with Crippen LogP contribution in [0.5, 0.6) is 0 Å². The minimum absolute atomic E-state index is 0.274. The standard InChI is InChI=1S/C15H21N5O2/c1-9(2)7-12(15(21)22)16-13-5-6-14(18-17-13)20-11(4)8-10(3)19-20/h5-6,8-9,12H,7H2,1-4H3,(H,16,17)(H,21,22). The fourth-order valence-corrected chi connectivity index (χ4v) is 2.25. The molecule has 0 bridgehead atoms. The average Bonchev–Trinajstić information content (AvgIpc) is 2.77. The minimum Gasteiger partial charge on any atom is -0.480 e. The molecule has 7 heteroatoms. The number of aryl methyl sites for hydroxylation is 2. The summed E-state index contributed by atoms with van der Waals surface area (Å²) in [7, 11) is 0. The maximum absolute atomic E-state index is 11.3. The molecular formula is C15H21N5O2. The smallest absolute Gasteiger partial charge is 0.326 e. The van der Waals surface area contributed by atoms with E-state index in [2.05, 4.69) is 20.6 Å². The molecule has 2 heterocycles. The van der Waals surface area contributed by atoms with Crippen LogP contribution in [-0.2, 0) is 4.79 Å². The first-order valence-electron chi connectivity index (χ1n) is 7.23. The van der Waals surface area contributed by atoms with Gasteiger partial charge >= 0.3 is 5.97 Å². The number of rotatable bonds is 6. The lowest BCUT2D eigenvalue weighted by atomic mass is 10.0. The molecule has 0 aliphatic carbocycles. The van der Waals surface area contributed by atoms with Crippen molar-refractivity contribution in [1.29, 1.82) is 0 Å². The van der Waals surface area contributed by atoms with Crippen LogP contribution < -0.4 is 5.32 Å². The Labute approximate surface area is 129 Å². The summed E-state index contributed by atoms with van der Waals surface area (Å²) in [6.07, 6.45) is 0.524. The molecule has 0 spiro atoms. The van der Waals surface area contributed by atoms with Crippen molar-refractivity contribution >= 4 is 11.8 Å². The Morgan fingerprint density at radius 3 is 2.50 bits per heavy atom. The predicted octanol–water partition coefficient (Wildman–Crippen LogP) is 2.19. The van der Waals surface area contributed by atoms with Crippen LogP contribution in [0.15, 0.2) is 18.2 Å². The summed E-state index contributed by atoms with van der Waals surface area (Å²) < 4.78 is 1.70. The van der Waals surface area contributed by atoms with Gasteiger partial charge < -0.3 is 10.4 Å². The monoisotopic (exact) mass is 303 g/mol. The number of hydrogen-bond acceptors (Lipinski definition) is 5. The molecule has 7 nitrogen and oxygen atoms in total. The number of nitrogens with one attached hydrogen (secondary N) is 1. The highest BCUT2D eigenvalue weighted by Crippen LogP contribution is 2.13. The van der Waals surface area contributed by atoms with Gasteiger partial charge in [-0.1, -0.05) is 13.8 Å². The van der Waals surface area contributed by atoms with E-state index in [4.69, 9.17) is 0 Å². The molecule has 0 amide bonds. The van der Waals surface area contributed by atoms with Crippen LogP contribution in [0.2, 0.25) is 0 Å². The van der Waals surface area contributed by atoms with Crippen LogP contribution in [0.3, 0.4) is 0 Å². The first kappa shape index (κ1) is 15.9. The molecule has 2 aromatic rings.